The van der Waals surface area contributed by atoms with Crippen molar-refractivity contribution < 1.29 is 14.9 Å². The summed E-state index contributed by atoms with van der Waals surface area (Å²) in [6.45, 7) is 1.93. The van der Waals surface area contributed by atoms with Gasteiger partial charge in [-0.05, 0) is 37.3 Å². The van der Waals surface area contributed by atoms with Gasteiger partial charge in [0, 0.05) is 17.3 Å². The van der Waals surface area contributed by atoms with Gasteiger partial charge in [-0.2, -0.15) is 0 Å². The maximum atomic E-state index is 9.89. The Balaban J connectivity index is 2.22. The molecule has 19 heavy (non-hydrogen) atoms. The highest BCUT2D eigenvalue weighted by Crippen LogP contribution is 2.30. The zero-order valence-corrected chi connectivity index (χ0v) is 10.9. The summed E-state index contributed by atoms with van der Waals surface area (Å²) in [5.74, 6) is 1.10. The van der Waals surface area contributed by atoms with Crippen molar-refractivity contribution in [2.75, 3.05) is 12.4 Å². The molecule has 2 rings (SSSR count). The number of phenolic OH excluding ortho intramolecular Hbond substituents is 2. The highest BCUT2D eigenvalue weighted by atomic mass is 16.5. The minimum atomic E-state index is -0.114. The number of hydrogen-bond donors (Lipinski definition) is 3. The third-order valence-electron chi connectivity index (χ3n) is 2.93. The monoisotopic (exact) mass is 259 g/mol. The summed E-state index contributed by atoms with van der Waals surface area (Å²) in [6.07, 6.45) is 0. The van der Waals surface area contributed by atoms with Gasteiger partial charge in [0.2, 0.25) is 0 Å². The molecule has 2 aromatic carbocycles. The molecule has 0 radical (unpaired) electrons. The van der Waals surface area contributed by atoms with Crippen molar-refractivity contribution in [3.05, 3.63) is 48.0 Å². The molecule has 0 aliphatic heterocycles. The lowest BCUT2D eigenvalue weighted by molar-refractivity contribution is 0.410. The number of ether oxygens (including phenoxy) is 1. The van der Waals surface area contributed by atoms with Crippen LogP contribution in [0.3, 0.4) is 0 Å². The van der Waals surface area contributed by atoms with Crippen LogP contribution in [0.15, 0.2) is 42.5 Å². The van der Waals surface area contributed by atoms with Gasteiger partial charge in [0.05, 0.1) is 13.2 Å². The molecule has 3 N–H and O–H groups in total. The van der Waals surface area contributed by atoms with Gasteiger partial charge in [-0.1, -0.05) is 6.07 Å². The SMILES string of the molecule is COc1ccc(O)c(C(C)Nc2cccc(O)c2)c1. The van der Waals surface area contributed by atoms with Gasteiger partial charge >= 0.3 is 0 Å². The van der Waals surface area contributed by atoms with E-state index < -0.39 is 0 Å². The molecular formula is C15H17NO3. The highest BCUT2D eigenvalue weighted by Gasteiger charge is 2.11. The number of rotatable bonds is 4. The van der Waals surface area contributed by atoms with E-state index in [1.807, 2.05) is 13.0 Å². The number of benzene rings is 2. The molecule has 2 aromatic rings. The summed E-state index contributed by atoms with van der Waals surface area (Å²) in [5.41, 5.74) is 1.53. The van der Waals surface area contributed by atoms with E-state index in [9.17, 15) is 10.2 Å². The topological polar surface area (TPSA) is 61.7 Å². The van der Waals surface area contributed by atoms with E-state index in [2.05, 4.69) is 5.32 Å². The third-order valence-corrected chi connectivity index (χ3v) is 2.93. The van der Waals surface area contributed by atoms with Gasteiger partial charge in [-0.25, -0.2) is 0 Å². The van der Waals surface area contributed by atoms with Gasteiger partial charge in [0.1, 0.15) is 17.2 Å². The Morgan fingerprint density at radius 3 is 2.58 bits per heavy atom. The second kappa shape index (κ2) is 5.52. The van der Waals surface area contributed by atoms with Crippen LogP contribution in [0, 0.1) is 0 Å². The summed E-state index contributed by atoms with van der Waals surface area (Å²) in [7, 11) is 1.59. The Kier molecular flexibility index (Phi) is 3.80. The molecule has 100 valence electrons. The zero-order chi connectivity index (χ0) is 13.8. The van der Waals surface area contributed by atoms with Crippen molar-refractivity contribution in [2.45, 2.75) is 13.0 Å². The fourth-order valence-electron chi connectivity index (χ4n) is 1.93. The second-order valence-corrected chi connectivity index (χ2v) is 4.34. The zero-order valence-electron chi connectivity index (χ0n) is 10.9. The van der Waals surface area contributed by atoms with Crippen LogP contribution < -0.4 is 10.1 Å². The highest BCUT2D eigenvalue weighted by molar-refractivity contribution is 5.51. The normalized spacial score (nSPS) is 11.9. The minimum absolute atomic E-state index is 0.114. The molecular weight excluding hydrogens is 242 g/mol. The van der Waals surface area contributed by atoms with E-state index in [0.717, 1.165) is 11.3 Å². The average molecular weight is 259 g/mol. The summed E-state index contributed by atoms with van der Waals surface area (Å²) in [6, 6.07) is 11.8. The van der Waals surface area contributed by atoms with Crippen molar-refractivity contribution in [3.63, 3.8) is 0 Å². The number of aromatic hydroxyl groups is 2. The lowest BCUT2D eigenvalue weighted by Gasteiger charge is -2.17. The van der Waals surface area contributed by atoms with Gasteiger partial charge in [-0.3, -0.25) is 0 Å². The number of anilines is 1. The standard InChI is InChI=1S/C15H17NO3/c1-10(16-11-4-3-5-12(17)8-11)14-9-13(19-2)6-7-15(14)18/h3-10,16-18H,1-2H3. The third kappa shape index (κ3) is 3.10. The average Bonchev–Trinajstić information content (AvgIpc) is 2.39. The Morgan fingerprint density at radius 2 is 1.89 bits per heavy atom. The molecule has 0 spiro atoms. The molecule has 0 saturated carbocycles. The first-order valence-electron chi connectivity index (χ1n) is 6.02. The van der Waals surface area contributed by atoms with Crippen LogP contribution >= 0.6 is 0 Å². The Hall–Kier alpha value is -2.36. The van der Waals surface area contributed by atoms with Crippen LogP contribution in [0.2, 0.25) is 0 Å². The van der Waals surface area contributed by atoms with E-state index in [-0.39, 0.29) is 17.5 Å². The van der Waals surface area contributed by atoms with Crippen molar-refractivity contribution in [2.24, 2.45) is 0 Å². The fourth-order valence-corrected chi connectivity index (χ4v) is 1.93. The molecule has 0 saturated heterocycles. The summed E-state index contributed by atoms with van der Waals surface area (Å²) >= 11 is 0. The van der Waals surface area contributed by atoms with Gasteiger partial charge < -0.3 is 20.3 Å². The second-order valence-electron chi connectivity index (χ2n) is 4.34. The van der Waals surface area contributed by atoms with Gasteiger partial charge in [-0.15, -0.1) is 0 Å². The first-order chi connectivity index (χ1) is 9.10. The molecule has 0 fully saturated rings. The lowest BCUT2D eigenvalue weighted by Crippen LogP contribution is -2.07. The first kappa shape index (κ1) is 13.1. The maximum absolute atomic E-state index is 9.89. The Labute approximate surface area is 112 Å². The minimum Gasteiger partial charge on any atom is -0.508 e. The largest absolute Gasteiger partial charge is 0.508 e. The van der Waals surface area contributed by atoms with Gasteiger partial charge in [0.25, 0.3) is 0 Å². The molecule has 1 atom stereocenters. The quantitative estimate of drug-likeness (QED) is 0.788. The molecule has 0 aliphatic carbocycles. The van der Waals surface area contributed by atoms with E-state index in [0.29, 0.717) is 5.75 Å². The van der Waals surface area contributed by atoms with Crippen LogP contribution in [0.5, 0.6) is 17.2 Å². The van der Waals surface area contributed by atoms with Crippen LogP contribution in [-0.4, -0.2) is 17.3 Å². The van der Waals surface area contributed by atoms with E-state index >= 15 is 0 Å². The Bertz CT molecular complexity index is 569. The summed E-state index contributed by atoms with van der Waals surface area (Å²) in [4.78, 5) is 0. The predicted octanol–water partition coefficient (Wildman–Crippen LogP) is 3.28. The molecule has 1 unspecified atom stereocenters. The van der Waals surface area contributed by atoms with Crippen molar-refractivity contribution in [1.82, 2.24) is 0 Å². The van der Waals surface area contributed by atoms with Crippen molar-refractivity contribution >= 4 is 5.69 Å². The molecule has 0 heterocycles. The molecule has 0 aliphatic rings. The summed E-state index contributed by atoms with van der Waals surface area (Å²) in [5, 5.41) is 22.5. The van der Waals surface area contributed by atoms with Gasteiger partial charge in [0.15, 0.2) is 0 Å². The maximum Gasteiger partial charge on any atom is 0.121 e. The molecule has 0 aromatic heterocycles. The van der Waals surface area contributed by atoms with Crippen molar-refractivity contribution in [1.29, 1.82) is 0 Å². The molecule has 0 bridgehead atoms. The van der Waals surface area contributed by atoms with Crippen LogP contribution in [-0.2, 0) is 0 Å². The van der Waals surface area contributed by atoms with Crippen molar-refractivity contribution in [3.8, 4) is 17.2 Å². The van der Waals surface area contributed by atoms with Crippen LogP contribution in [0.4, 0.5) is 5.69 Å². The predicted molar refractivity (Wildman–Crippen MR) is 74.8 cm³/mol. The molecule has 4 nitrogen and oxygen atoms in total. The Morgan fingerprint density at radius 1 is 1.11 bits per heavy atom. The van der Waals surface area contributed by atoms with E-state index in [1.165, 1.54) is 0 Å². The van der Waals surface area contributed by atoms with E-state index in [4.69, 9.17) is 4.74 Å². The van der Waals surface area contributed by atoms with Crippen LogP contribution in [0.1, 0.15) is 18.5 Å². The number of phenols is 2. The van der Waals surface area contributed by atoms with Crippen LogP contribution in [0.25, 0.3) is 0 Å². The first-order valence-corrected chi connectivity index (χ1v) is 6.02. The fraction of sp³-hybridized carbons (Fsp3) is 0.200. The number of nitrogens with one attached hydrogen (secondary N) is 1. The molecule has 4 heteroatoms. The smallest absolute Gasteiger partial charge is 0.121 e. The summed E-state index contributed by atoms with van der Waals surface area (Å²) < 4.78 is 5.15. The number of methoxy groups -OCH3 is 1. The number of hydrogen-bond acceptors (Lipinski definition) is 4. The lowest BCUT2D eigenvalue weighted by atomic mass is 10.1. The molecule has 0 amide bonds. The van der Waals surface area contributed by atoms with E-state index in [1.54, 1.807) is 43.5 Å².